The second-order valence-electron chi connectivity index (χ2n) is 6.55. The topological polar surface area (TPSA) is 8.81 Å². The Morgan fingerprint density at radius 1 is 0.880 bits per heavy atom. The summed E-state index contributed by atoms with van der Waals surface area (Å²) in [6.07, 6.45) is 4.10. The number of hydrogen-bond donors (Lipinski definition) is 0. The lowest BCUT2D eigenvalue weighted by atomic mass is 10.0. The fourth-order valence-corrected chi connectivity index (χ4v) is 3.49. The van der Waals surface area contributed by atoms with Crippen molar-refractivity contribution in [2.75, 3.05) is 0 Å². The highest BCUT2D eigenvalue weighted by Crippen LogP contribution is 2.37. The minimum absolute atomic E-state index is 0.211. The van der Waals surface area contributed by atoms with Gasteiger partial charge in [0.15, 0.2) is 12.4 Å². The zero-order valence-corrected chi connectivity index (χ0v) is 14.6. The number of fused-ring (bicyclic) bond motifs is 1. The normalized spacial score (nSPS) is 11.2. The first-order valence-corrected chi connectivity index (χ1v) is 8.38. The first-order valence-electron chi connectivity index (χ1n) is 8.38. The molecule has 0 aliphatic heterocycles. The van der Waals surface area contributed by atoms with Crippen LogP contribution in [0.3, 0.4) is 0 Å². The lowest BCUT2D eigenvalue weighted by Gasteiger charge is -2.08. The molecule has 25 heavy (non-hydrogen) atoms. The molecule has 4 rings (SSSR count). The Bertz CT molecular complexity index is 1060. The Balaban J connectivity index is 2.06. The van der Waals surface area contributed by atoms with E-state index in [0.717, 1.165) is 28.0 Å². The van der Waals surface area contributed by atoms with Gasteiger partial charge in [0.1, 0.15) is 12.9 Å². The highest BCUT2D eigenvalue weighted by atomic mass is 19.1. The van der Waals surface area contributed by atoms with Gasteiger partial charge < -0.3 is 4.57 Å². The van der Waals surface area contributed by atoms with E-state index in [9.17, 15) is 4.39 Å². The molecule has 0 amide bonds. The first kappa shape index (κ1) is 15.6. The van der Waals surface area contributed by atoms with Crippen molar-refractivity contribution < 1.29 is 8.96 Å². The lowest BCUT2D eigenvalue weighted by Crippen LogP contribution is -2.26. The van der Waals surface area contributed by atoms with Gasteiger partial charge in [-0.15, -0.1) is 0 Å². The van der Waals surface area contributed by atoms with Crippen LogP contribution >= 0.6 is 0 Å². The van der Waals surface area contributed by atoms with E-state index in [1.54, 1.807) is 0 Å². The molecule has 0 spiro atoms. The lowest BCUT2D eigenvalue weighted by molar-refractivity contribution is -0.671. The van der Waals surface area contributed by atoms with Crippen LogP contribution in [-0.2, 0) is 7.05 Å². The van der Waals surface area contributed by atoms with Crippen LogP contribution in [0.1, 0.15) is 11.3 Å². The van der Waals surface area contributed by atoms with Crippen LogP contribution in [0.15, 0.2) is 67.0 Å². The number of rotatable bonds is 2. The molecule has 3 heteroatoms. The van der Waals surface area contributed by atoms with E-state index in [1.807, 2.05) is 36.1 Å². The zero-order valence-electron chi connectivity index (χ0n) is 14.6. The predicted octanol–water partition coefficient (Wildman–Crippen LogP) is 4.88. The van der Waals surface area contributed by atoms with Crippen LogP contribution in [0.2, 0.25) is 0 Å². The molecule has 124 valence electrons. The van der Waals surface area contributed by atoms with Crippen LogP contribution in [0, 0.1) is 19.7 Å². The molecule has 0 atom stereocenters. The highest BCUT2D eigenvalue weighted by molar-refractivity contribution is 5.99. The fraction of sp³-hybridized carbons (Fsp3) is 0.136. The molecule has 0 unspecified atom stereocenters. The molecule has 0 N–H and O–H groups in total. The van der Waals surface area contributed by atoms with Crippen LogP contribution in [-0.4, -0.2) is 4.57 Å². The van der Waals surface area contributed by atoms with Crippen LogP contribution < -0.4 is 4.57 Å². The standard InChI is InChI=1S/C22H20FN2/c1-15-4-9-21-20(14-15)22(17-5-7-18(23)8-6-17)16(2)25(21)19-10-12-24(3)13-11-19/h4-14H,1-3H3/q+1. The van der Waals surface area contributed by atoms with Gasteiger partial charge in [0.2, 0.25) is 0 Å². The molecule has 0 bridgehead atoms. The zero-order chi connectivity index (χ0) is 17.6. The van der Waals surface area contributed by atoms with E-state index in [-0.39, 0.29) is 5.82 Å². The highest BCUT2D eigenvalue weighted by Gasteiger charge is 2.17. The Hall–Kier alpha value is -2.94. The van der Waals surface area contributed by atoms with Gasteiger partial charge in [0.25, 0.3) is 0 Å². The Morgan fingerprint density at radius 2 is 1.56 bits per heavy atom. The summed E-state index contributed by atoms with van der Waals surface area (Å²) in [6.45, 7) is 4.23. The van der Waals surface area contributed by atoms with Crippen molar-refractivity contribution in [3.8, 4) is 16.8 Å². The summed E-state index contributed by atoms with van der Waals surface area (Å²) in [5.74, 6) is -0.211. The van der Waals surface area contributed by atoms with E-state index in [1.165, 1.54) is 23.1 Å². The monoisotopic (exact) mass is 331 g/mol. The average Bonchev–Trinajstić information content (AvgIpc) is 2.88. The van der Waals surface area contributed by atoms with Gasteiger partial charge in [-0.3, -0.25) is 0 Å². The third-order valence-corrected chi connectivity index (χ3v) is 4.71. The van der Waals surface area contributed by atoms with Gasteiger partial charge in [0, 0.05) is 28.8 Å². The molecule has 2 aromatic carbocycles. The number of hydrogen-bond acceptors (Lipinski definition) is 0. The van der Waals surface area contributed by atoms with E-state index >= 15 is 0 Å². The smallest absolute Gasteiger partial charge is 0.170 e. The number of aromatic nitrogens is 2. The van der Waals surface area contributed by atoms with E-state index in [0.29, 0.717) is 0 Å². The molecule has 0 aliphatic rings. The molecule has 2 heterocycles. The minimum Gasteiger partial charge on any atom is -0.313 e. The first-order chi connectivity index (χ1) is 12.0. The third-order valence-electron chi connectivity index (χ3n) is 4.71. The molecule has 0 saturated carbocycles. The molecule has 0 fully saturated rings. The third kappa shape index (κ3) is 2.62. The SMILES string of the molecule is Cc1ccc2c(c1)c(-c1ccc(F)cc1)c(C)n2-c1cc[n+](C)cc1. The summed E-state index contributed by atoms with van der Waals surface area (Å²) < 4.78 is 17.7. The van der Waals surface area contributed by atoms with Gasteiger partial charge in [-0.25, -0.2) is 8.96 Å². The fourth-order valence-electron chi connectivity index (χ4n) is 3.49. The number of nitrogens with zero attached hydrogens (tertiary/aromatic N) is 2. The van der Waals surface area contributed by atoms with Crippen molar-refractivity contribution in [2.45, 2.75) is 13.8 Å². The van der Waals surface area contributed by atoms with Gasteiger partial charge in [-0.05, 0) is 43.7 Å². The molecule has 2 nitrogen and oxygen atoms in total. The van der Waals surface area contributed by atoms with Gasteiger partial charge in [0.05, 0.1) is 11.2 Å². The van der Waals surface area contributed by atoms with Crippen LogP contribution in [0.25, 0.3) is 27.7 Å². The summed E-state index contributed by atoms with van der Waals surface area (Å²) in [6, 6.07) is 17.5. The van der Waals surface area contributed by atoms with E-state index in [2.05, 4.69) is 48.7 Å². The summed E-state index contributed by atoms with van der Waals surface area (Å²) in [5.41, 5.74) is 6.85. The summed E-state index contributed by atoms with van der Waals surface area (Å²) in [4.78, 5) is 0. The van der Waals surface area contributed by atoms with Gasteiger partial charge in [-0.2, -0.15) is 0 Å². The maximum Gasteiger partial charge on any atom is 0.170 e. The van der Waals surface area contributed by atoms with Crippen molar-refractivity contribution in [1.29, 1.82) is 0 Å². The second-order valence-corrected chi connectivity index (χ2v) is 6.55. The minimum atomic E-state index is -0.211. The second kappa shape index (κ2) is 5.85. The predicted molar refractivity (Wildman–Crippen MR) is 99.3 cm³/mol. The maximum atomic E-state index is 13.4. The number of benzene rings is 2. The quantitative estimate of drug-likeness (QED) is 0.463. The maximum absolute atomic E-state index is 13.4. The van der Waals surface area contributed by atoms with Crippen molar-refractivity contribution in [2.24, 2.45) is 7.05 Å². The summed E-state index contributed by atoms with van der Waals surface area (Å²) >= 11 is 0. The number of halogens is 1. The molecule has 2 aromatic heterocycles. The van der Waals surface area contributed by atoms with Crippen molar-refractivity contribution >= 4 is 10.9 Å². The van der Waals surface area contributed by atoms with Crippen molar-refractivity contribution in [1.82, 2.24) is 4.57 Å². The number of aryl methyl sites for hydroxylation is 2. The van der Waals surface area contributed by atoms with Gasteiger partial charge in [-0.1, -0.05) is 23.8 Å². The van der Waals surface area contributed by atoms with E-state index in [4.69, 9.17) is 0 Å². The average molecular weight is 331 g/mol. The molecule has 0 aliphatic carbocycles. The molecular weight excluding hydrogens is 311 g/mol. The number of pyridine rings is 1. The van der Waals surface area contributed by atoms with Crippen molar-refractivity contribution in [3.63, 3.8) is 0 Å². The van der Waals surface area contributed by atoms with Crippen LogP contribution in [0.4, 0.5) is 4.39 Å². The molecule has 4 aromatic rings. The van der Waals surface area contributed by atoms with Crippen molar-refractivity contribution in [3.05, 3.63) is 84.1 Å². The Labute approximate surface area is 146 Å². The molecular formula is C22H20FN2+. The largest absolute Gasteiger partial charge is 0.313 e. The summed E-state index contributed by atoms with van der Waals surface area (Å²) in [5, 5.41) is 1.19. The van der Waals surface area contributed by atoms with Gasteiger partial charge >= 0.3 is 0 Å². The molecule has 0 saturated heterocycles. The Morgan fingerprint density at radius 3 is 2.24 bits per heavy atom. The Kier molecular flexibility index (Phi) is 3.65. The van der Waals surface area contributed by atoms with Crippen LogP contribution in [0.5, 0.6) is 0 Å². The molecule has 0 radical (unpaired) electrons. The van der Waals surface area contributed by atoms with E-state index < -0.39 is 0 Å². The summed E-state index contributed by atoms with van der Waals surface area (Å²) in [7, 11) is 2.01.